The average Bonchev–Trinajstić information content (AvgIpc) is 2.03. The van der Waals surface area contributed by atoms with Crippen molar-refractivity contribution in [2.45, 2.75) is 25.5 Å². The highest BCUT2D eigenvalue weighted by atomic mass is 16.3. The number of aliphatic hydroxyl groups is 1. The van der Waals surface area contributed by atoms with E-state index in [4.69, 9.17) is 5.73 Å². The zero-order valence-electron chi connectivity index (χ0n) is 7.36. The summed E-state index contributed by atoms with van der Waals surface area (Å²) in [7, 11) is 0. The lowest BCUT2D eigenvalue weighted by Gasteiger charge is -2.24. The van der Waals surface area contributed by atoms with Crippen molar-refractivity contribution in [3.63, 3.8) is 0 Å². The Morgan fingerprint density at radius 3 is 2.58 bits per heavy atom. The van der Waals surface area contributed by atoms with E-state index >= 15 is 0 Å². The summed E-state index contributed by atoms with van der Waals surface area (Å²) in [6, 6.07) is 5.40. The predicted molar refractivity (Wildman–Crippen MR) is 47.5 cm³/mol. The molecule has 0 bridgehead atoms. The van der Waals surface area contributed by atoms with Gasteiger partial charge in [-0.15, -0.1) is 0 Å². The van der Waals surface area contributed by atoms with Crippen LogP contribution in [0.5, 0.6) is 0 Å². The molecule has 12 heavy (non-hydrogen) atoms. The first-order valence-electron chi connectivity index (χ1n) is 3.89. The molecule has 0 saturated carbocycles. The van der Waals surface area contributed by atoms with E-state index in [0.717, 1.165) is 0 Å². The maximum absolute atomic E-state index is 9.67. The molecule has 0 radical (unpaired) electrons. The minimum Gasteiger partial charge on any atom is -0.385 e. The van der Waals surface area contributed by atoms with Gasteiger partial charge in [-0.05, 0) is 26.0 Å². The van der Waals surface area contributed by atoms with E-state index in [1.165, 1.54) is 0 Å². The van der Waals surface area contributed by atoms with Gasteiger partial charge in [-0.2, -0.15) is 0 Å². The second-order valence-electron chi connectivity index (χ2n) is 3.48. The molecular formula is C9H14N2O. The van der Waals surface area contributed by atoms with Gasteiger partial charge in [0.15, 0.2) is 0 Å². The van der Waals surface area contributed by atoms with Crippen LogP contribution in [0.3, 0.4) is 0 Å². The van der Waals surface area contributed by atoms with Crippen LogP contribution in [0.4, 0.5) is 0 Å². The Morgan fingerprint density at radius 2 is 2.17 bits per heavy atom. The number of pyridine rings is 1. The number of aromatic nitrogens is 1. The molecular weight excluding hydrogens is 152 g/mol. The molecule has 0 aliphatic heterocycles. The second kappa shape index (κ2) is 3.21. The number of aliphatic hydroxyl groups excluding tert-OH is 1. The molecule has 0 amide bonds. The van der Waals surface area contributed by atoms with E-state index in [0.29, 0.717) is 5.69 Å². The van der Waals surface area contributed by atoms with Crippen LogP contribution < -0.4 is 5.73 Å². The van der Waals surface area contributed by atoms with Gasteiger partial charge in [0.2, 0.25) is 0 Å². The molecule has 0 aliphatic carbocycles. The minimum absolute atomic E-state index is 0.616. The molecule has 1 aromatic rings. The summed E-state index contributed by atoms with van der Waals surface area (Å²) in [5, 5.41) is 9.67. The van der Waals surface area contributed by atoms with Crippen LogP contribution in [0.15, 0.2) is 24.4 Å². The van der Waals surface area contributed by atoms with Gasteiger partial charge in [0.05, 0.1) is 5.69 Å². The topological polar surface area (TPSA) is 59.1 Å². The van der Waals surface area contributed by atoms with Gasteiger partial charge in [-0.3, -0.25) is 4.98 Å². The molecule has 1 aromatic heterocycles. The van der Waals surface area contributed by atoms with Crippen LogP contribution in [-0.2, 0) is 0 Å². The third-order valence-corrected chi connectivity index (χ3v) is 1.67. The third-order valence-electron chi connectivity index (χ3n) is 1.67. The van der Waals surface area contributed by atoms with Crippen LogP contribution in [-0.4, -0.2) is 15.6 Å². The molecule has 0 saturated heterocycles. The summed E-state index contributed by atoms with van der Waals surface area (Å²) in [4.78, 5) is 4.02. The molecule has 1 atom stereocenters. The molecule has 0 fully saturated rings. The molecule has 3 nitrogen and oxygen atoms in total. The van der Waals surface area contributed by atoms with Crippen LogP contribution in [0.25, 0.3) is 0 Å². The van der Waals surface area contributed by atoms with Crippen molar-refractivity contribution in [1.82, 2.24) is 4.98 Å². The molecule has 0 spiro atoms. The van der Waals surface area contributed by atoms with Gasteiger partial charge in [0.1, 0.15) is 6.10 Å². The largest absolute Gasteiger partial charge is 0.385 e. The van der Waals surface area contributed by atoms with Crippen molar-refractivity contribution in [3.05, 3.63) is 30.1 Å². The van der Waals surface area contributed by atoms with Crippen LogP contribution in [0, 0.1) is 0 Å². The maximum atomic E-state index is 9.67. The lowest BCUT2D eigenvalue weighted by atomic mass is 9.96. The van der Waals surface area contributed by atoms with Gasteiger partial charge in [-0.1, -0.05) is 6.07 Å². The van der Waals surface area contributed by atoms with Crippen molar-refractivity contribution in [2.75, 3.05) is 0 Å². The standard InChI is InChI=1S/C9H14N2O/c1-9(2,10)8(12)7-5-3-4-6-11-7/h3-6,8,12H,10H2,1-2H3/t8-/m1/s1. The molecule has 0 aliphatic rings. The number of nitrogens with two attached hydrogens (primary N) is 1. The van der Waals surface area contributed by atoms with E-state index in [-0.39, 0.29) is 0 Å². The zero-order chi connectivity index (χ0) is 9.19. The lowest BCUT2D eigenvalue weighted by molar-refractivity contribution is 0.100. The highest BCUT2D eigenvalue weighted by molar-refractivity contribution is 5.10. The first-order chi connectivity index (χ1) is 5.52. The molecule has 1 rings (SSSR count). The fourth-order valence-corrected chi connectivity index (χ4v) is 0.919. The highest BCUT2D eigenvalue weighted by Crippen LogP contribution is 2.20. The fourth-order valence-electron chi connectivity index (χ4n) is 0.919. The molecule has 0 aromatic carbocycles. The molecule has 66 valence electrons. The fraction of sp³-hybridized carbons (Fsp3) is 0.444. The van der Waals surface area contributed by atoms with Gasteiger partial charge in [0, 0.05) is 11.7 Å². The first-order valence-corrected chi connectivity index (χ1v) is 3.89. The van der Waals surface area contributed by atoms with Crippen LogP contribution in [0.1, 0.15) is 25.6 Å². The van der Waals surface area contributed by atoms with Crippen molar-refractivity contribution < 1.29 is 5.11 Å². The Morgan fingerprint density at radius 1 is 1.50 bits per heavy atom. The number of hydrogen-bond acceptors (Lipinski definition) is 3. The molecule has 3 heteroatoms. The van der Waals surface area contributed by atoms with Crippen molar-refractivity contribution in [1.29, 1.82) is 0 Å². The van der Waals surface area contributed by atoms with Crippen LogP contribution in [0.2, 0.25) is 0 Å². The van der Waals surface area contributed by atoms with Crippen molar-refractivity contribution in [3.8, 4) is 0 Å². The summed E-state index contributed by atoms with van der Waals surface area (Å²) >= 11 is 0. The Balaban J connectivity index is 2.86. The monoisotopic (exact) mass is 166 g/mol. The minimum atomic E-state index is -0.710. The van der Waals surface area contributed by atoms with Crippen molar-refractivity contribution in [2.24, 2.45) is 5.73 Å². The summed E-state index contributed by atoms with van der Waals surface area (Å²) < 4.78 is 0. The second-order valence-corrected chi connectivity index (χ2v) is 3.48. The van der Waals surface area contributed by atoms with Gasteiger partial charge in [-0.25, -0.2) is 0 Å². The normalized spacial score (nSPS) is 14.3. The third kappa shape index (κ3) is 2.03. The summed E-state index contributed by atoms with van der Waals surface area (Å²) in [5.41, 5.74) is 5.69. The summed E-state index contributed by atoms with van der Waals surface area (Å²) in [5.74, 6) is 0. The average molecular weight is 166 g/mol. The molecule has 3 N–H and O–H groups in total. The van der Waals surface area contributed by atoms with Gasteiger partial charge in [0.25, 0.3) is 0 Å². The van der Waals surface area contributed by atoms with E-state index in [9.17, 15) is 5.11 Å². The highest BCUT2D eigenvalue weighted by Gasteiger charge is 2.24. The predicted octanol–water partition coefficient (Wildman–Crippen LogP) is 0.852. The summed E-state index contributed by atoms with van der Waals surface area (Å²) in [6.07, 6.45) is 0.934. The number of nitrogens with zero attached hydrogens (tertiary/aromatic N) is 1. The molecule has 1 heterocycles. The quantitative estimate of drug-likeness (QED) is 0.684. The van der Waals surface area contributed by atoms with Gasteiger partial charge >= 0.3 is 0 Å². The smallest absolute Gasteiger partial charge is 0.113 e. The number of hydrogen-bond donors (Lipinski definition) is 2. The van der Waals surface area contributed by atoms with E-state index in [2.05, 4.69) is 4.98 Å². The van der Waals surface area contributed by atoms with E-state index in [1.54, 1.807) is 32.2 Å². The lowest BCUT2D eigenvalue weighted by Crippen LogP contribution is -2.39. The zero-order valence-corrected chi connectivity index (χ0v) is 7.36. The van der Waals surface area contributed by atoms with E-state index in [1.807, 2.05) is 6.07 Å². The SMILES string of the molecule is CC(C)(N)[C@H](O)c1ccccn1. The van der Waals surface area contributed by atoms with Crippen LogP contribution >= 0.6 is 0 Å². The maximum Gasteiger partial charge on any atom is 0.113 e. The Kier molecular flexibility index (Phi) is 2.45. The van der Waals surface area contributed by atoms with Gasteiger partial charge < -0.3 is 10.8 Å². The first kappa shape index (κ1) is 9.16. The van der Waals surface area contributed by atoms with E-state index < -0.39 is 11.6 Å². The molecule has 0 unspecified atom stereocenters. The summed E-state index contributed by atoms with van der Waals surface area (Å²) in [6.45, 7) is 3.54. The Hall–Kier alpha value is -0.930. The Labute approximate surface area is 72.2 Å². The number of rotatable bonds is 2. The van der Waals surface area contributed by atoms with Crippen molar-refractivity contribution >= 4 is 0 Å². The Bertz CT molecular complexity index is 240.